The Kier molecular flexibility index (Phi) is 5.39. The molecule has 1 aromatic rings. The first kappa shape index (κ1) is 12.2. The van der Waals surface area contributed by atoms with Gasteiger partial charge in [-0.15, -0.1) is 0 Å². The van der Waals surface area contributed by atoms with Crippen molar-refractivity contribution >= 4 is 21.9 Å². The lowest BCUT2D eigenvalue weighted by Gasteiger charge is -1.98. The number of benzene rings is 1. The Hall–Kier alpha value is -0.830. The third-order valence-corrected chi connectivity index (χ3v) is 2.04. The van der Waals surface area contributed by atoms with Crippen molar-refractivity contribution < 1.29 is 9.90 Å². The van der Waals surface area contributed by atoms with Crippen LogP contribution in [0, 0.1) is 6.92 Å². The molecule has 0 aliphatic rings. The number of halogens is 1. The Morgan fingerprint density at radius 2 is 1.92 bits per heavy atom. The normalized spacial score (nSPS) is 8.62. The van der Waals surface area contributed by atoms with Crippen molar-refractivity contribution in [3.63, 3.8) is 0 Å². The maximum atomic E-state index is 10.5. The Morgan fingerprint density at radius 3 is 2.31 bits per heavy atom. The Labute approximate surface area is 86.7 Å². The van der Waals surface area contributed by atoms with Gasteiger partial charge in [0.1, 0.15) is 0 Å². The van der Waals surface area contributed by atoms with E-state index in [0.29, 0.717) is 10.0 Å². The summed E-state index contributed by atoms with van der Waals surface area (Å²) in [7, 11) is 0. The van der Waals surface area contributed by atoms with Gasteiger partial charge in [-0.05, 0) is 35.0 Å². The van der Waals surface area contributed by atoms with Gasteiger partial charge >= 0.3 is 5.97 Å². The fraction of sp³-hybridized carbons (Fsp3) is 0.300. The molecule has 0 amide bonds. The van der Waals surface area contributed by atoms with Crippen molar-refractivity contribution in [2.24, 2.45) is 0 Å². The number of aromatic carboxylic acids is 1. The minimum Gasteiger partial charge on any atom is -0.478 e. The molecule has 0 fully saturated rings. The van der Waals surface area contributed by atoms with Crippen LogP contribution in [0.15, 0.2) is 22.7 Å². The van der Waals surface area contributed by atoms with E-state index in [1.807, 2.05) is 26.8 Å². The summed E-state index contributed by atoms with van der Waals surface area (Å²) in [5, 5.41) is 8.66. The lowest BCUT2D eigenvalue weighted by Crippen LogP contribution is -1.97. The molecule has 1 rings (SSSR count). The molecule has 3 heteroatoms. The van der Waals surface area contributed by atoms with Crippen LogP contribution in [0.4, 0.5) is 0 Å². The third-order valence-electron chi connectivity index (χ3n) is 1.35. The highest BCUT2D eigenvalue weighted by atomic mass is 79.9. The first-order chi connectivity index (χ1) is 6.11. The van der Waals surface area contributed by atoms with Crippen molar-refractivity contribution in [1.82, 2.24) is 0 Å². The SMILES string of the molecule is CC.Cc1ccc(Br)c(C(=O)O)c1. The average Bonchev–Trinajstić information content (AvgIpc) is 2.12. The Balaban J connectivity index is 0.000000671. The first-order valence-corrected chi connectivity index (χ1v) is 4.90. The van der Waals surface area contributed by atoms with Gasteiger partial charge in [-0.3, -0.25) is 0 Å². The van der Waals surface area contributed by atoms with E-state index in [1.54, 1.807) is 12.1 Å². The Morgan fingerprint density at radius 1 is 1.38 bits per heavy atom. The smallest absolute Gasteiger partial charge is 0.336 e. The van der Waals surface area contributed by atoms with Crippen LogP contribution >= 0.6 is 15.9 Å². The number of carboxylic acid groups (broad SMARTS) is 1. The van der Waals surface area contributed by atoms with Gasteiger partial charge in [-0.1, -0.05) is 25.5 Å². The summed E-state index contributed by atoms with van der Waals surface area (Å²) < 4.78 is 0.621. The molecule has 0 aromatic heterocycles. The lowest BCUT2D eigenvalue weighted by molar-refractivity contribution is 0.0696. The van der Waals surface area contributed by atoms with Crippen molar-refractivity contribution in [1.29, 1.82) is 0 Å². The molecular formula is C10H13BrO2. The molecule has 72 valence electrons. The predicted octanol–water partition coefficient (Wildman–Crippen LogP) is 3.48. The van der Waals surface area contributed by atoms with E-state index >= 15 is 0 Å². The minimum atomic E-state index is -0.902. The van der Waals surface area contributed by atoms with E-state index in [0.717, 1.165) is 5.56 Å². The number of hydrogen-bond acceptors (Lipinski definition) is 1. The average molecular weight is 245 g/mol. The summed E-state index contributed by atoms with van der Waals surface area (Å²) in [6.45, 7) is 5.86. The van der Waals surface area contributed by atoms with E-state index in [1.165, 1.54) is 0 Å². The van der Waals surface area contributed by atoms with Crippen LogP contribution in [0.1, 0.15) is 29.8 Å². The van der Waals surface area contributed by atoms with Crippen molar-refractivity contribution in [2.45, 2.75) is 20.8 Å². The molecule has 0 aliphatic heterocycles. The monoisotopic (exact) mass is 244 g/mol. The number of carboxylic acids is 1. The summed E-state index contributed by atoms with van der Waals surface area (Å²) in [5.74, 6) is -0.902. The van der Waals surface area contributed by atoms with Gasteiger partial charge < -0.3 is 5.11 Å². The molecule has 0 saturated heterocycles. The highest BCUT2D eigenvalue weighted by Gasteiger charge is 2.06. The molecule has 0 saturated carbocycles. The summed E-state index contributed by atoms with van der Waals surface area (Å²) in [4.78, 5) is 10.5. The quantitative estimate of drug-likeness (QED) is 0.822. The second-order valence-electron chi connectivity index (χ2n) is 2.29. The second kappa shape index (κ2) is 5.75. The van der Waals surface area contributed by atoms with Crippen molar-refractivity contribution in [2.75, 3.05) is 0 Å². The maximum Gasteiger partial charge on any atom is 0.336 e. The molecule has 13 heavy (non-hydrogen) atoms. The van der Waals surface area contributed by atoms with Crippen LogP contribution < -0.4 is 0 Å². The van der Waals surface area contributed by atoms with Gasteiger partial charge in [-0.25, -0.2) is 4.79 Å². The summed E-state index contributed by atoms with van der Waals surface area (Å²) in [6, 6.07) is 5.22. The zero-order chi connectivity index (χ0) is 10.4. The fourth-order valence-corrected chi connectivity index (χ4v) is 1.22. The van der Waals surface area contributed by atoms with E-state index < -0.39 is 5.97 Å². The van der Waals surface area contributed by atoms with Crippen LogP contribution in [0.3, 0.4) is 0 Å². The summed E-state index contributed by atoms with van der Waals surface area (Å²) in [5.41, 5.74) is 1.26. The van der Waals surface area contributed by atoms with Gasteiger partial charge in [-0.2, -0.15) is 0 Å². The molecule has 0 spiro atoms. The lowest BCUT2D eigenvalue weighted by atomic mass is 10.1. The molecule has 0 aliphatic carbocycles. The molecule has 0 unspecified atom stereocenters. The van der Waals surface area contributed by atoms with Crippen LogP contribution in [-0.4, -0.2) is 11.1 Å². The fourth-order valence-electron chi connectivity index (χ4n) is 0.803. The molecule has 1 aromatic carbocycles. The molecule has 0 bridgehead atoms. The minimum absolute atomic E-state index is 0.310. The molecule has 0 heterocycles. The van der Waals surface area contributed by atoms with Crippen LogP contribution in [0.5, 0.6) is 0 Å². The first-order valence-electron chi connectivity index (χ1n) is 4.10. The van der Waals surface area contributed by atoms with E-state index in [-0.39, 0.29) is 0 Å². The van der Waals surface area contributed by atoms with Crippen molar-refractivity contribution in [3.8, 4) is 0 Å². The van der Waals surface area contributed by atoms with Crippen LogP contribution in [-0.2, 0) is 0 Å². The highest BCUT2D eigenvalue weighted by molar-refractivity contribution is 9.10. The molecular weight excluding hydrogens is 232 g/mol. The zero-order valence-electron chi connectivity index (χ0n) is 7.97. The largest absolute Gasteiger partial charge is 0.478 e. The van der Waals surface area contributed by atoms with Gasteiger partial charge in [0, 0.05) is 4.47 Å². The standard InChI is InChI=1S/C8H7BrO2.C2H6/c1-5-2-3-7(9)6(4-5)8(10)11;1-2/h2-4H,1H3,(H,10,11);1-2H3. The number of hydrogen-bond donors (Lipinski definition) is 1. The molecule has 1 N–H and O–H groups in total. The van der Waals surface area contributed by atoms with E-state index in [2.05, 4.69) is 15.9 Å². The van der Waals surface area contributed by atoms with E-state index in [9.17, 15) is 4.79 Å². The van der Waals surface area contributed by atoms with Gasteiger partial charge in [0.25, 0.3) is 0 Å². The highest BCUT2D eigenvalue weighted by Crippen LogP contribution is 2.17. The molecule has 2 nitrogen and oxygen atoms in total. The number of aryl methyl sites for hydroxylation is 1. The number of rotatable bonds is 1. The molecule has 0 radical (unpaired) electrons. The van der Waals surface area contributed by atoms with Crippen LogP contribution in [0.2, 0.25) is 0 Å². The summed E-state index contributed by atoms with van der Waals surface area (Å²) >= 11 is 3.15. The van der Waals surface area contributed by atoms with Gasteiger partial charge in [0.15, 0.2) is 0 Å². The number of carbonyl (C=O) groups is 1. The van der Waals surface area contributed by atoms with Gasteiger partial charge in [0.2, 0.25) is 0 Å². The van der Waals surface area contributed by atoms with E-state index in [4.69, 9.17) is 5.11 Å². The Bertz CT molecular complexity index is 295. The summed E-state index contributed by atoms with van der Waals surface area (Å²) in [6.07, 6.45) is 0. The second-order valence-corrected chi connectivity index (χ2v) is 3.14. The topological polar surface area (TPSA) is 37.3 Å². The third kappa shape index (κ3) is 3.59. The van der Waals surface area contributed by atoms with Crippen molar-refractivity contribution in [3.05, 3.63) is 33.8 Å². The van der Waals surface area contributed by atoms with Crippen LogP contribution in [0.25, 0.3) is 0 Å². The maximum absolute atomic E-state index is 10.5. The zero-order valence-corrected chi connectivity index (χ0v) is 9.55. The van der Waals surface area contributed by atoms with Gasteiger partial charge in [0.05, 0.1) is 5.56 Å². The predicted molar refractivity (Wildman–Crippen MR) is 57.2 cm³/mol. The molecule has 0 atom stereocenters.